The highest BCUT2D eigenvalue weighted by atomic mass is 32.2. The zero-order valence-electron chi connectivity index (χ0n) is 10.6. The lowest BCUT2D eigenvalue weighted by Crippen LogP contribution is -2.36. The van der Waals surface area contributed by atoms with Gasteiger partial charge in [-0.05, 0) is 30.9 Å². The summed E-state index contributed by atoms with van der Waals surface area (Å²) in [5.74, 6) is 0.643. The summed E-state index contributed by atoms with van der Waals surface area (Å²) in [6.07, 6.45) is 4.75. The van der Waals surface area contributed by atoms with Crippen molar-refractivity contribution in [3.05, 3.63) is 11.1 Å². The molecule has 1 atom stereocenters. The molecule has 0 amide bonds. The van der Waals surface area contributed by atoms with Crippen LogP contribution in [-0.2, 0) is 16.4 Å². The van der Waals surface area contributed by atoms with Crippen LogP contribution in [0.3, 0.4) is 0 Å². The van der Waals surface area contributed by atoms with Gasteiger partial charge in [0.1, 0.15) is 0 Å². The van der Waals surface area contributed by atoms with E-state index in [2.05, 4.69) is 21.4 Å². The molecule has 102 valence electrons. The number of sulfone groups is 1. The van der Waals surface area contributed by atoms with E-state index in [4.69, 9.17) is 0 Å². The van der Waals surface area contributed by atoms with Gasteiger partial charge in [-0.2, -0.15) is 0 Å². The van der Waals surface area contributed by atoms with E-state index in [0.29, 0.717) is 11.5 Å². The molecule has 2 heterocycles. The van der Waals surface area contributed by atoms with Crippen LogP contribution in [0, 0.1) is 0 Å². The minimum atomic E-state index is -2.81. The molecule has 0 aromatic carbocycles. The Morgan fingerprint density at radius 3 is 2.94 bits per heavy atom. The van der Waals surface area contributed by atoms with Crippen LogP contribution in [0.15, 0.2) is 6.20 Å². The number of aromatic nitrogens is 2. The van der Waals surface area contributed by atoms with Gasteiger partial charge in [0.05, 0.1) is 22.6 Å². The number of unbranched alkanes of at least 4 members (excludes halogenated alkanes) is 1. The van der Waals surface area contributed by atoms with Crippen molar-refractivity contribution in [2.24, 2.45) is 0 Å². The highest BCUT2D eigenvalue weighted by molar-refractivity contribution is 7.91. The third kappa shape index (κ3) is 3.73. The Labute approximate surface area is 112 Å². The maximum absolute atomic E-state index is 11.6. The molecule has 5 nitrogen and oxygen atoms in total. The van der Waals surface area contributed by atoms with E-state index >= 15 is 0 Å². The van der Waals surface area contributed by atoms with Crippen LogP contribution in [0.4, 0.5) is 0 Å². The standard InChI is InChI=1S/C11H19N3O2S2/c1-2-3-5-14(8-11-7-12-13-17-11)10-4-6-18(15,16)9-10/h7,10H,2-6,8-9H2,1H3. The van der Waals surface area contributed by atoms with Gasteiger partial charge in [0.2, 0.25) is 0 Å². The van der Waals surface area contributed by atoms with Crippen LogP contribution in [0.5, 0.6) is 0 Å². The lowest BCUT2D eigenvalue weighted by atomic mass is 10.2. The molecule has 1 saturated heterocycles. The predicted molar refractivity (Wildman–Crippen MR) is 72.3 cm³/mol. The minimum absolute atomic E-state index is 0.170. The average Bonchev–Trinajstić information content (AvgIpc) is 2.93. The first-order valence-corrected chi connectivity index (χ1v) is 8.91. The van der Waals surface area contributed by atoms with Crippen LogP contribution in [0.1, 0.15) is 31.1 Å². The van der Waals surface area contributed by atoms with Gasteiger partial charge in [0.15, 0.2) is 9.84 Å². The van der Waals surface area contributed by atoms with Gasteiger partial charge in [-0.1, -0.05) is 17.8 Å². The van der Waals surface area contributed by atoms with E-state index in [9.17, 15) is 8.42 Å². The maximum Gasteiger partial charge on any atom is 0.151 e. The molecule has 1 aromatic rings. The van der Waals surface area contributed by atoms with Crippen molar-refractivity contribution in [3.8, 4) is 0 Å². The van der Waals surface area contributed by atoms with E-state index in [-0.39, 0.29) is 6.04 Å². The number of hydrogen-bond acceptors (Lipinski definition) is 6. The van der Waals surface area contributed by atoms with E-state index in [0.717, 1.165) is 37.2 Å². The Balaban J connectivity index is 2.01. The summed E-state index contributed by atoms with van der Waals surface area (Å²) in [5.41, 5.74) is 0. The van der Waals surface area contributed by atoms with Gasteiger partial charge in [-0.25, -0.2) is 8.42 Å². The Morgan fingerprint density at radius 2 is 2.39 bits per heavy atom. The molecule has 0 bridgehead atoms. The topological polar surface area (TPSA) is 63.2 Å². The van der Waals surface area contributed by atoms with Crippen molar-refractivity contribution in [1.82, 2.24) is 14.5 Å². The summed E-state index contributed by atoms with van der Waals surface area (Å²) >= 11 is 1.39. The third-order valence-electron chi connectivity index (χ3n) is 3.29. The van der Waals surface area contributed by atoms with Gasteiger partial charge in [-0.15, -0.1) is 5.10 Å². The van der Waals surface area contributed by atoms with Crippen LogP contribution in [0.25, 0.3) is 0 Å². The largest absolute Gasteiger partial charge is 0.294 e. The fourth-order valence-corrected chi connectivity index (χ4v) is 4.55. The molecule has 0 radical (unpaired) electrons. The molecule has 0 aliphatic carbocycles. The molecule has 1 aliphatic heterocycles. The van der Waals surface area contributed by atoms with Gasteiger partial charge in [0.25, 0.3) is 0 Å². The lowest BCUT2D eigenvalue weighted by Gasteiger charge is -2.27. The monoisotopic (exact) mass is 289 g/mol. The summed E-state index contributed by atoms with van der Waals surface area (Å²) in [6.45, 7) is 3.88. The van der Waals surface area contributed by atoms with E-state index in [1.165, 1.54) is 11.5 Å². The highest BCUT2D eigenvalue weighted by Crippen LogP contribution is 2.21. The molecule has 7 heteroatoms. The molecule has 2 rings (SSSR count). The summed E-state index contributed by atoms with van der Waals surface area (Å²) in [6, 6.07) is 0.170. The van der Waals surface area contributed by atoms with E-state index in [1.54, 1.807) is 6.20 Å². The second kappa shape index (κ2) is 6.08. The van der Waals surface area contributed by atoms with Gasteiger partial charge in [-0.3, -0.25) is 4.90 Å². The third-order valence-corrected chi connectivity index (χ3v) is 5.68. The molecule has 1 aromatic heterocycles. The molecule has 1 unspecified atom stereocenters. The minimum Gasteiger partial charge on any atom is -0.294 e. The van der Waals surface area contributed by atoms with Crippen LogP contribution >= 0.6 is 11.5 Å². The van der Waals surface area contributed by atoms with E-state index < -0.39 is 9.84 Å². The zero-order chi connectivity index (χ0) is 13.0. The van der Waals surface area contributed by atoms with Crippen LogP contribution < -0.4 is 0 Å². The normalized spacial score (nSPS) is 22.7. The Bertz CT molecular complexity index is 459. The Morgan fingerprint density at radius 1 is 1.56 bits per heavy atom. The average molecular weight is 289 g/mol. The second-order valence-corrected chi connectivity index (χ2v) is 7.86. The lowest BCUT2D eigenvalue weighted by molar-refractivity contribution is 0.202. The first-order chi connectivity index (χ1) is 8.61. The number of nitrogens with zero attached hydrogens (tertiary/aromatic N) is 3. The molecule has 0 saturated carbocycles. The first kappa shape index (κ1) is 13.9. The molecule has 1 aliphatic rings. The van der Waals surface area contributed by atoms with Gasteiger partial charge < -0.3 is 0 Å². The van der Waals surface area contributed by atoms with Crippen LogP contribution in [-0.4, -0.2) is 47.0 Å². The van der Waals surface area contributed by atoms with Gasteiger partial charge >= 0.3 is 0 Å². The fourth-order valence-electron chi connectivity index (χ4n) is 2.27. The maximum atomic E-state index is 11.6. The molecule has 1 fully saturated rings. The molecular weight excluding hydrogens is 270 g/mol. The van der Waals surface area contributed by atoms with Crippen molar-refractivity contribution in [2.75, 3.05) is 18.1 Å². The van der Waals surface area contributed by atoms with Crippen molar-refractivity contribution >= 4 is 21.4 Å². The van der Waals surface area contributed by atoms with Gasteiger partial charge in [0, 0.05) is 12.6 Å². The zero-order valence-corrected chi connectivity index (χ0v) is 12.2. The highest BCUT2D eigenvalue weighted by Gasteiger charge is 2.32. The van der Waals surface area contributed by atoms with Crippen molar-refractivity contribution in [1.29, 1.82) is 0 Å². The predicted octanol–water partition coefficient (Wildman–Crippen LogP) is 1.33. The molecule has 0 spiro atoms. The molecule has 0 N–H and O–H groups in total. The smallest absolute Gasteiger partial charge is 0.151 e. The first-order valence-electron chi connectivity index (χ1n) is 6.31. The fraction of sp³-hybridized carbons (Fsp3) is 0.818. The van der Waals surface area contributed by atoms with Crippen LogP contribution in [0.2, 0.25) is 0 Å². The molecule has 18 heavy (non-hydrogen) atoms. The Hall–Kier alpha value is -0.530. The Kier molecular flexibility index (Phi) is 4.69. The summed E-state index contributed by atoms with van der Waals surface area (Å²) in [5, 5.41) is 3.83. The number of rotatable bonds is 6. The molecular formula is C11H19N3O2S2. The summed E-state index contributed by atoms with van der Waals surface area (Å²) < 4.78 is 27.0. The summed E-state index contributed by atoms with van der Waals surface area (Å²) in [7, 11) is -2.81. The SMILES string of the molecule is CCCCN(Cc1cnns1)C1CCS(=O)(=O)C1. The summed E-state index contributed by atoms with van der Waals surface area (Å²) in [4.78, 5) is 3.39. The quantitative estimate of drug-likeness (QED) is 0.790. The van der Waals surface area contributed by atoms with Crippen molar-refractivity contribution in [2.45, 2.75) is 38.8 Å². The van der Waals surface area contributed by atoms with E-state index in [1.807, 2.05) is 0 Å². The van der Waals surface area contributed by atoms with Crippen molar-refractivity contribution < 1.29 is 8.42 Å². The second-order valence-electron chi connectivity index (χ2n) is 4.76. The number of hydrogen-bond donors (Lipinski definition) is 0. The van der Waals surface area contributed by atoms with Crippen molar-refractivity contribution in [3.63, 3.8) is 0 Å².